The molecule has 0 unspecified atom stereocenters. The Morgan fingerprint density at radius 1 is 0.765 bits per heavy atom. The molecule has 0 aliphatic heterocycles. The fourth-order valence-corrected chi connectivity index (χ4v) is 1.56. The highest BCUT2D eigenvalue weighted by atomic mass is 16.5. The van der Waals surface area contributed by atoms with Crippen molar-refractivity contribution in [2.45, 2.75) is 27.7 Å². The van der Waals surface area contributed by atoms with Crippen LogP contribution >= 0.6 is 0 Å². The summed E-state index contributed by atoms with van der Waals surface area (Å²) in [5.41, 5.74) is 0. The lowest BCUT2D eigenvalue weighted by Gasteiger charge is -2.20. The highest BCUT2D eigenvalue weighted by Crippen LogP contribution is 1.93. The first-order valence-corrected chi connectivity index (χ1v) is 6.23. The van der Waals surface area contributed by atoms with E-state index >= 15 is 0 Å². The van der Waals surface area contributed by atoms with Gasteiger partial charge in [0.1, 0.15) is 13.2 Å². The summed E-state index contributed by atoms with van der Waals surface area (Å²) < 4.78 is 5.14. The molecular weight excluding hydrogens is 220 g/mol. The summed E-state index contributed by atoms with van der Waals surface area (Å²) in [5.74, 6) is -0.135. The van der Waals surface area contributed by atoms with Crippen LogP contribution in [0, 0.1) is 0 Å². The fourth-order valence-electron chi connectivity index (χ4n) is 1.56. The van der Waals surface area contributed by atoms with Crippen LogP contribution in [0.4, 0.5) is 0 Å². The number of nitrogens with zero attached hydrogens (tertiary/aromatic N) is 2. The number of rotatable bonds is 8. The lowest BCUT2D eigenvalue weighted by atomic mass is 10.4. The summed E-state index contributed by atoms with van der Waals surface area (Å²) in [4.78, 5) is 26.5. The monoisotopic (exact) mass is 244 g/mol. The van der Waals surface area contributed by atoms with Crippen LogP contribution < -0.4 is 0 Å². The maximum absolute atomic E-state index is 11.6. The molecule has 0 saturated carbocycles. The van der Waals surface area contributed by atoms with Crippen LogP contribution in [0.15, 0.2) is 0 Å². The summed E-state index contributed by atoms with van der Waals surface area (Å²) in [5, 5.41) is 0. The standard InChI is InChI=1S/C12H24N2O3/c1-5-13(6-2)11(15)9-17-10-12(16)14(7-3)8-4/h5-10H2,1-4H3. The summed E-state index contributed by atoms with van der Waals surface area (Å²) in [7, 11) is 0. The minimum absolute atomic E-state index is 0.0192. The molecule has 0 atom stereocenters. The Morgan fingerprint density at radius 2 is 1.06 bits per heavy atom. The van der Waals surface area contributed by atoms with E-state index in [1.54, 1.807) is 9.80 Å². The lowest BCUT2D eigenvalue weighted by Crippen LogP contribution is -2.37. The van der Waals surface area contributed by atoms with Gasteiger partial charge < -0.3 is 14.5 Å². The maximum Gasteiger partial charge on any atom is 0.248 e. The van der Waals surface area contributed by atoms with Crippen molar-refractivity contribution >= 4 is 11.8 Å². The Morgan fingerprint density at radius 3 is 1.29 bits per heavy atom. The Bertz CT molecular complexity index is 212. The van der Waals surface area contributed by atoms with Gasteiger partial charge in [0.2, 0.25) is 11.8 Å². The van der Waals surface area contributed by atoms with E-state index in [-0.39, 0.29) is 25.0 Å². The van der Waals surface area contributed by atoms with E-state index in [0.717, 1.165) is 0 Å². The molecule has 0 fully saturated rings. The minimum Gasteiger partial charge on any atom is -0.362 e. The molecule has 0 N–H and O–H groups in total. The van der Waals surface area contributed by atoms with E-state index in [1.165, 1.54) is 0 Å². The molecule has 17 heavy (non-hydrogen) atoms. The molecule has 100 valence electrons. The number of likely N-dealkylation sites (N-methyl/N-ethyl adjacent to an activating group) is 2. The number of carbonyl (C=O) groups excluding carboxylic acids is 2. The number of hydrogen-bond acceptors (Lipinski definition) is 3. The lowest BCUT2D eigenvalue weighted by molar-refractivity contribution is -0.141. The van der Waals surface area contributed by atoms with Crippen LogP contribution in [0.25, 0.3) is 0 Å². The van der Waals surface area contributed by atoms with Crippen molar-refractivity contribution in [2.24, 2.45) is 0 Å². The zero-order chi connectivity index (χ0) is 13.3. The van der Waals surface area contributed by atoms with Gasteiger partial charge in [0, 0.05) is 26.2 Å². The minimum atomic E-state index is -0.0673. The molecule has 5 nitrogen and oxygen atoms in total. The van der Waals surface area contributed by atoms with Gasteiger partial charge in [-0.2, -0.15) is 0 Å². The van der Waals surface area contributed by atoms with Crippen LogP contribution in [0.2, 0.25) is 0 Å². The van der Waals surface area contributed by atoms with Crippen LogP contribution in [-0.4, -0.2) is 61.0 Å². The third-order valence-electron chi connectivity index (χ3n) is 2.68. The fraction of sp³-hybridized carbons (Fsp3) is 0.833. The van der Waals surface area contributed by atoms with E-state index in [9.17, 15) is 9.59 Å². The molecule has 0 radical (unpaired) electrons. The molecule has 0 bridgehead atoms. The average Bonchev–Trinajstić information content (AvgIpc) is 2.32. The molecule has 0 aromatic rings. The van der Waals surface area contributed by atoms with Crippen molar-refractivity contribution in [2.75, 3.05) is 39.4 Å². The van der Waals surface area contributed by atoms with E-state index in [1.807, 2.05) is 27.7 Å². The quantitative estimate of drug-likeness (QED) is 0.633. The molecule has 5 heteroatoms. The second kappa shape index (κ2) is 8.98. The number of carbonyl (C=O) groups is 2. The van der Waals surface area contributed by atoms with E-state index < -0.39 is 0 Å². The third kappa shape index (κ3) is 5.68. The number of amides is 2. The molecular formula is C12H24N2O3. The summed E-state index contributed by atoms with van der Waals surface area (Å²) in [6.45, 7) is 10.3. The second-order valence-corrected chi connectivity index (χ2v) is 3.62. The van der Waals surface area contributed by atoms with Crippen molar-refractivity contribution in [1.29, 1.82) is 0 Å². The first-order chi connectivity index (χ1) is 8.10. The normalized spacial score (nSPS) is 10.1. The van der Waals surface area contributed by atoms with Crippen molar-refractivity contribution in [3.05, 3.63) is 0 Å². The molecule has 0 aliphatic carbocycles. The Kier molecular flexibility index (Phi) is 8.40. The zero-order valence-electron chi connectivity index (χ0n) is 11.4. The topological polar surface area (TPSA) is 49.9 Å². The van der Waals surface area contributed by atoms with Gasteiger partial charge in [-0.15, -0.1) is 0 Å². The van der Waals surface area contributed by atoms with Gasteiger partial charge in [-0.1, -0.05) is 0 Å². The SMILES string of the molecule is CCN(CC)C(=O)COCC(=O)N(CC)CC. The molecule has 0 saturated heterocycles. The predicted molar refractivity (Wildman–Crippen MR) is 66.7 cm³/mol. The van der Waals surface area contributed by atoms with Crippen molar-refractivity contribution in [1.82, 2.24) is 9.80 Å². The van der Waals surface area contributed by atoms with Gasteiger partial charge in [0.05, 0.1) is 0 Å². The summed E-state index contributed by atoms with van der Waals surface area (Å²) in [6, 6.07) is 0. The summed E-state index contributed by atoms with van der Waals surface area (Å²) >= 11 is 0. The smallest absolute Gasteiger partial charge is 0.248 e. The van der Waals surface area contributed by atoms with Crippen molar-refractivity contribution in [3.8, 4) is 0 Å². The van der Waals surface area contributed by atoms with E-state index in [4.69, 9.17) is 4.74 Å². The first-order valence-electron chi connectivity index (χ1n) is 6.23. The van der Waals surface area contributed by atoms with Crippen LogP contribution in [-0.2, 0) is 14.3 Å². The number of ether oxygens (including phenoxy) is 1. The molecule has 0 aromatic heterocycles. The summed E-state index contributed by atoms with van der Waals surface area (Å²) in [6.07, 6.45) is 0. The van der Waals surface area contributed by atoms with Crippen molar-refractivity contribution in [3.63, 3.8) is 0 Å². The van der Waals surface area contributed by atoms with Crippen LogP contribution in [0.5, 0.6) is 0 Å². The van der Waals surface area contributed by atoms with Gasteiger partial charge in [-0.05, 0) is 27.7 Å². The van der Waals surface area contributed by atoms with Gasteiger partial charge in [0.25, 0.3) is 0 Å². The molecule has 2 amide bonds. The molecule has 0 heterocycles. The Balaban J connectivity index is 3.90. The maximum atomic E-state index is 11.6. The molecule has 0 aromatic carbocycles. The van der Waals surface area contributed by atoms with Crippen LogP contribution in [0.3, 0.4) is 0 Å². The highest BCUT2D eigenvalue weighted by Gasteiger charge is 2.13. The average molecular weight is 244 g/mol. The van der Waals surface area contributed by atoms with Gasteiger partial charge in [-0.25, -0.2) is 0 Å². The zero-order valence-corrected chi connectivity index (χ0v) is 11.4. The largest absolute Gasteiger partial charge is 0.362 e. The third-order valence-corrected chi connectivity index (χ3v) is 2.68. The molecule has 0 spiro atoms. The van der Waals surface area contributed by atoms with E-state index in [0.29, 0.717) is 26.2 Å². The van der Waals surface area contributed by atoms with Gasteiger partial charge >= 0.3 is 0 Å². The van der Waals surface area contributed by atoms with Crippen molar-refractivity contribution < 1.29 is 14.3 Å². The Labute approximate surface area is 104 Å². The Hall–Kier alpha value is -1.10. The first kappa shape index (κ1) is 15.9. The second-order valence-electron chi connectivity index (χ2n) is 3.62. The van der Waals surface area contributed by atoms with Crippen LogP contribution in [0.1, 0.15) is 27.7 Å². The van der Waals surface area contributed by atoms with Gasteiger partial charge in [0.15, 0.2) is 0 Å². The number of hydrogen-bond donors (Lipinski definition) is 0. The highest BCUT2D eigenvalue weighted by molar-refractivity contribution is 5.79. The molecule has 0 rings (SSSR count). The van der Waals surface area contributed by atoms with Gasteiger partial charge in [-0.3, -0.25) is 9.59 Å². The van der Waals surface area contributed by atoms with E-state index in [2.05, 4.69) is 0 Å². The molecule has 0 aliphatic rings. The predicted octanol–water partition coefficient (Wildman–Crippen LogP) is 0.740.